The van der Waals surface area contributed by atoms with E-state index >= 15 is 0 Å². The molecule has 2 heterocycles. The van der Waals surface area contributed by atoms with Crippen molar-refractivity contribution >= 4 is 32.7 Å². The lowest BCUT2D eigenvalue weighted by molar-refractivity contribution is 0.669. The van der Waals surface area contributed by atoms with E-state index in [1.165, 1.54) is 21.9 Å². The molecule has 0 aliphatic rings. The number of rotatable bonds is 5. The van der Waals surface area contributed by atoms with Gasteiger partial charge in [-0.3, -0.25) is 0 Å². The maximum Gasteiger partial charge on any atom is 0.164 e. The molecule has 9 aromatic rings. The van der Waals surface area contributed by atoms with Gasteiger partial charge >= 0.3 is 0 Å². The second-order valence-electron chi connectivity index (χ2n) is 12.1. The normalized spacial score (nSPS) is 11.4. The van der Waals surface area contributed by atoms with Gasteiger partial charge in [0.05, 0.1) is 0 Å². The number of benzene rings is 7. The summed E-state index contributed by atoms with van der Waals surface area (Å²) in [6.45, 7) is 2.14. The summed E-state index contributed by atoms with van der Waals surface area (Å²) in [7, 11) is 0. The molecule has 0 aliphatic heterocycles. The Hall–Kier alpha value is -6.39. The molecule has 0 saturated carbocycles. The maximum absolute atomic E-state index is 6.49. The SMILES string of the molecule is Cc1ccccc1-c1ccc(-c2nc(-c3ccccc3)nc(-c3ccc4c(c3)oc3cccc(-c5ccc6ccccc6c5)c34)n2)cc1. The summed E-state index contributed by atoms with van der Waals surface area (Å²) in [5.41, 5.74) is 10.3. The van der Waals surface area contributed by atoms with E-state index in [0.717, 1.165) is 55.3 Å². The fourth-order valence-corrected chi connectivity index (χ4v) is 6.61. The van der Waals surface area contributed by atoms with Crippen LogP contribution in [0.2, 0.25) is 0 Å². The summed E-state index contributed by atoms with van der Waals surface area (Å²) in [5, 5.41) is 4.60. The van der Waals surface area contributed by atoms with Crippen LogP contribution >= 0.6 is 0 Å². The van der Waals surface area contributed by atoms with Crippen LogP contribution in [-0.4, -0.2) is 15.0 Å². The van der Waals surface area contributed by atoms with E-state index in [0.29, 0.717) is 17.5 Å². The van der Waals surface area contributed by atoms with Gasteiger partial charge in [-0.1, -0.05) is 133 Å². The Morgan fingerprint density at radius 3 is 1.79 bits per heavy atom. The zero-order valence-corrected chi connectivity index (χ0v) is 26.3. The molecule has 4 nitrogen and oxygen atoms in total. The Morgan fingerprint density at radius 1 is 0.396 bits per heavy atom. The predicted molar refractivity (Wildman–Crippen MR) is 197 cm³/mol. The minimum Gasteiger partial charge on any atom is -0.456 e. The maximum atomic E-state index is 6.49. The minimum atomic E-state index is 0.596. The summed E-state index contributed by atoms with van der Waals surface area (Å²) in [5.74, 6) is 1.85. The van der Waals surface area contributed by atoms with Crippen molar-refractivity contribution in [2.75, 3.05) is 0 Å². The number of furan rings is 1. The first kappa shape index (κ1) is 27.9. The van der Waals surface area contributed by atoms with Crippen LogP contribution in [0.15, 0.2) is 162 Å². The third-order valence-corrected chi connectivity index (χ3v) is 9.08. The van der Waals surface area contributed by atoms with Crippen molar-refractivity contribution in [1.29, 1.82) is 0 Å². The van der Waals surface area contributed by atoms with Crippen LogP contribution in [0.5, 0.6) is 0 Å². The van der Waals surface area contributed by atoms with Crippen LogP contribution in [0.1, 0.15) is 5.56 Å². The summed E-state index contributed by atoms with van der Waals surface area (Å²) in [4.78, 5) is 14.9. The van der Waals surface area contributed by atoms with Crippen molar-refractivity contribution in [1.82, 2.24) is 15.0 Å². The van der Waals surface area contributed by atoms with E-state index in [-0.39, 0.29) is 0 Å². The van der Waals surface area contributed by atoms with Gasteiger partial charge in [0, 0.05) is 27.5 Å². The van der Waals surface area contributed by atoms with Crippen LogP contribution in [0.3, 0.4) is 0 Å². The lowest BCUT2D eigenvalue weighted by Crippen LogP contribution is -2.00. The van der Waals surface area contributed by atoms with E-state index in [2.05, 4.69) is 128 Å². The topological polar surface area (TPSA) is 51.8 Å². The van der Waals surface area contributed by atoms with Crippen molar-refractivity contribution in [2.45, 2.75) is 6.92 Å². The van der Waals surface area contributed by atoms with E-state index < -0.39 is 0 Å². The fourth-order valence-electron chi connectivity index (χ4n) is 6.61. The van der Waals surface area contributed by atoms with Gasteiger partial charge in [-0.2, -0.15) is 0 Å². The minimum absolute atomic E-state index is 0.596. The summed E-state index contributed by atoms with van der Waals surface area (Å²) in [6, 6.07) is 54.6. The third kappa shape index (κ3) is 4.91. The summed E-state index contributed by atoms with van der Waals surface area (Å²) in [6.07, 6.45) is 0. The smallest absolute Gasteiger partial charge is 0.164 e. The van der Waals surface area contributed by atoms with Gasteiger partial charge in [0.1, 0.15) is 11.2 Å². The van der Waals surface area contributed by atoms with Gasteiger partial charge in [0.25, 0.3) is 0 Å². The molecular weight excluding hydrogens is 587 g/mol. The Labute approximate surface area is 278 Å². The van der Waals surface area contributed by atoms with E-state index in [4.69, 9.17) is 19.4 Å². The van der Waals surface area contributed by atoms with E-state index in [1.54, 1.807) is 0 Å². The van der Waals surface area contributed by atoms with Crippen molar-refractivity contribution in [3.8, 4) is 56.4 Å². The Morgan fingerprint density at radius 2 is 1.00 bits per heavy atom. The number of aryl methyl sites for hydroxylation is 1. The fraction of sp³-hybridized carbons (Fsp3) is 0.0227. The molecule has 226 valence electrons. The van der Waals surface area contributed by atoms with Crippen LogP contribution in [-0.2, 0) is 0 Å². The lowest BCUT2D eigenvalue weighted by Gasteiger charge is -2.10. The molecule has 2 aromatic heterocycles. The first-order chi connectivity index (χ1) is 23.7. The highest BCUT2D eigenvalue weighted by Gasteiger charge is 2.17. The molecule has 0 bridgehead atoms. The van der Waals surface area contributed by atoms with Crippen molar-refractivity contribution in [3.05, 3.63) is 163 Å². The van der Waals surface area contributed by atoms with E-state index in [9.17, 15) is 0 Å². The quantitative estimate of drug-likeness (QED) is 0.193. The number of hydrogen-bond acceptors (Lipinski definition) is 4. The lowest BCUT2D eigenvalue weighted by atomic mass is 9.97. The number of aromatic nitrogens is 3. The van der Waals surface area contributed by atoms with Crippen molar-refractivity contribution < 1.29 is 4.42 Å². The third-order valence-electron chi connectivity index (χ3n) is 9.08. The molecule has 0 spiro atoms. The van der Waals surface area contributed by atoms with Crippen LogP contribution < -0.4 is 0 Å². The standard InChI is InChI=1S/C44H29N3O/c1-28-10-5-8-15-36(28)30-19-21-32(22-20-30)43-45-42(31-12-3-2-4-13-31)46-44(47-43)35-24-25-38-40(27-35)48-39-17-9-16-37(41(38)39)34-23-18-29-11-6-7-14-33(29)26-34/h2-27H,1H3. The van der Waals surface area contributed by atoms with Crippen LogP contribution in [0, 0.1) is 6.92 Å². The average Bonchev–Trinajstić information content (AvgIpc) is 3.53. The molecule has 9 rings (SSSR count). The Bertz CT molecular complexity index is 2620. The van der Waals surface area contributed by atoms with Crippen LogP contribution in [0.25, 0.3) is 89.1 Å². The predicted octanol–water partition coefficient (Wildman–Crippen LogP) is 11.6. The number of nitrogens with zero attached hydrogens (tertiary/aromatic N) is 3. The highest BCUT2D eigenvalue weighted by molar-refractivity contribution is 6.13. The number of hydrogen-bond donors (Lipinski definition) is 0. The molecule has 0 saturated heterocycles. The molecule has 0 aliphatic carbocycles. The first-order valence-electron chi connectivity index (χ1n) is 16.1. The molecule has 4 heteroatoms. The van der Waals surface area contributed by atoms with E-state index in [1.807, 2.05) is 36.4 Å². The Kier molecular flexibility index (Phi) is 6.65. The van der Waals surface area contributed by atoms with Crippen molar-refractivity contribution in [3.63, 3.8) is 0 Å². The zero-order valence-electron chi connectivity index (χ0n) is 26.3. The van der Waals surface area contributed by atoms with Gasteiger partial charge in [-0.15, -0.1) is 0 Å². The van der Waals surface area contributed by atoms with Gasteiger partial charge in [0.2, 0.25) is 0 Å². The van der Waals surface area contributed by atoms with Gasteiger partial charge < -0.3 is 4.42 Å². The average molecular weight is 616 g/mol. The molecule has 0 fully saturated rings. The molecule has 7 aromatic carbocycles. The molecule has 0 atom stereocenters. The molecule has 0 N–H and O–H groups in total. The second kappa shape index (κ2) is 11.4. The molecule has 0 unspecified atom stereocenters. The highest BCUT2D eigenvalue weighted by Crippen LogP contribution is 2.39. The summed E-state index contributed by atoms with van der Waals surface area (Å²) < 4.78 is 6.49. The summed E-state index contributed by atoms with van der Waals surface area (Å²) >= 11 is 0. The Balaban J connectivity index is 1.16. The van der Waals surface area contributed by atoms with Crippen LogP contribution in [0.4, 0.5) is 0 Å². The highest BCUT2D eigenvalue weighted by atomic mass is 16.3. The monoisotopic (exact) mass is 615 g/mol. The molecule has 0 radical (unpaired) electrons. The van der Waals surface area contributed by atoms with Gasteiger partial charge in [0.15, 0.2) is 17.5 Å². The second-order valence-corrected chi connectivity index (χ2v) is 12.1. The van der Waals surface area contributed by atoms with Gasteiger partial charge in [-0.25, -0.2) is 15.0 Å². The van der Waals surface area contributed by atoms with Gasteiger partial charge in [-0.05, 0) is 69.8 Å². The molecular formula is C44H29N3O. The number of fused-ring (bicyclic) bond motifs is 4. The van der Waals surface area contributed by atoms with Crippen molar-refractivity contribution in [2.24, 2.45) is 0 Å². The molecule has 48 heavy (non-hydrogen) atoms. The largest absolute Gasteiger partial charge is 0.456 e. The molecule has 0 amide bonds. The zero-order chi connectivity index (χ0) is 32.0. The first-order valence-corrected chi connectivity index (χ1v) is 16.1.